The van der Waals surface area contributed by atoms with E-state index >= 15 is 0 Å². The van der Waals surface area contributed by atoms with Gasteiger partial charge in [-0.05, 0) is 68.3 Å². The van der Waals surface area contributed by atoms with E-state index in [1.165, 1.54) is 11.3 Å². The molecule has 0 N–H and O–H groups in total. The van der Waals surface area contributed by atoms with Crippen molar-refractivity contribution < 1.29 is 14.3 Å². The molecular formula is C34H30ClN3O4S. The first kappa shape index (κ1) is 28.7. The molecule has 1 aliphatic heterocycles. The summed E-state index contributed by atoms with van der Waals surface area (Å²) in [6, 6.07) is 22.6. The Morgan fingerprint density at radius 2 is 1.86 bits per heavy atom. The Hall–Kier alpha value is -4.40. The number of carbonyl (C=O) groups is 1. The monoisotopic (exact) mass is 611 g/mol. The predicted octanol–water partition coefficient (Wildman–Crippen LogP) is 5.85. The van der Waals surface area contributed by atoms with Gasteiger partial charge >= 0.3 is 5.97 Å². The number of esters is 1. The zero-order chi connectivity index (χ0) is 30.2. The van der Waals surface area contributed by atoms with Crippen molar-refractivity contribution in [3.05, 3.63) is 132 Å². The van der Waals surface area contributed by atoms with E-state index in [1.807, 2.05) is 66.7 Å². The summed E-state index contributed by atoms with van der Waals surface area (Å²) < 4.78 is 15.2. The summed E-state index contributed by atoms with van der Waals surface area (Å²) in [4.78, 5) is 32.8. The normalized spacial score (nSPS) is 15.1. The summed E-state index contributed by atoms with van der Waals surface area (Å²) in [5.74, 6) is 0.188. The predicted molar refractivity (Wildman–Crippen MR) is 170 cm³/mol. The van der Waals surface area contributed by atoms with Crippen molar-refractivity contribution in [3.63, 3.8) is 0 Å². The van der Waals surface area contributed by atoms with E-state index in [4.69, 9.17) is 26.1 Å². The third kappa shape index (κ3) is 5.56. The molecule has 3 heterocycles. The summed E-state index contributed by atoms with van der Waals surface area (Å²) >= 11 is 7.55. The van der Waals surface area contributed by atoms with Crippen LogP contribution in [0.25, 0.3) is 17.0 Å². The highest BCUT2D eigenvalue weighted by Gasteiger charge is 2.33. The number of aromatic nitrogens is 2. The van der Waals surface area contributed by atoms with Gasteiger partial charge in [0.2, 0.25) is 0 Å². The van der Waals surface area contributed by atoms with E-state index in [2.05, 4.69) is 22.9 Å². The molecule has 0 saturated carbocycles. The number of fused-ring (bicyclic) bond motifs is 2. The third-order valence-corrected chi connectivity index (χ3v) is 8.58. The van der Waals surface area contributed by atoms with Crippen LogP contribution in [0.5, 0.6) is 5.75 Å². The summed E-state index contributed by atoms with van der Waals surface area (Å²) in [5.41, 5.74) is 4.45. The Kier molecular flexibility index (Phi) is 7.81. The van der Waals surface area contributed by atoms with Crippen molar-refractivity contribution >= 4 is 45.9 Å². The van der Waals surface area contributed by atoms with E-state index in [1.54, 1.807) is 32.4 Å². The van der Waals surface area contributed by atoms with Crippen LogP contribution < -0.4 is 19.6 Å². The number of hydrogen-bond donors (Lipinski definition) is 0. The number of hydrogen-bond acceptors (Lipinski definition) is 6. The first-order valence-corrected chi connectivity index (χ1v) is 15.1. The Balaban J connectivity index is 1.50. The van der Waals surface area contributed by atoms with Crippen LogP contribution in [-0.2, 0) is 16.1 Å². The van der Waals surface area contributed by atoms with Crippen molar-refractivity contribution in [2.24, 2.45) is 4.99 Å². The Morgan fingerprint density at radius 1 is 1.09 bits per heavy atom. The highest BCUT2D eigenvalue weighted by atomic mass is 35.5. The Labute approximate surface area is 257 Å². The van der Waals surface area contributed by atoms with E-state index in [9.17, 15) is 9.59 Å². The molecule has 0 radical (unpaired) electrons. The summed E-state index contributed by atoms with van der Waals surface area (Å²) in [6.07, 6.45) is 3.65. The number of ether oxygens (including phenoxy) is 2. The van der Waals surface area contributed by atoms with Gasteiger partial charge in [0.1, 0.15) is 5.75 Å². The van der Waals surface area contributed by atoms with Gasteiger partial charge in [0, 0.05) is 34.2 Å². The van der Waals surface area contributed by atoms with Gasteiger partial charge in [-0.25, -0.2) is 9.79 Å². The molecule has 0 saturated heterocycles. The fourth-order valence-corrected chi connectivity index (χ4v) is 6.71. The van der Waals surface area contributed by atoms with Crippen molar-refractivity contribution in [1.29, 1.82) is 0 Å². The molecule has 1 aliphatic rings. The molecule has 0 amide bonds. The topological polar surface area (TPSA) is 74.8 Å². The molecule has 3 aromatic carbocycles. The number of carbonyl (C=O) groups excluding carboxylic acids is 1. The molecule has 218 valence electrons. The van der Waals surface area contributed by atoms with Crippen molar-refractivity contribution in [2.45, 2.75) is 39.5 Å². The van der Waals surface area contributed by atoms with Crippen LogP contribution in [-0.4, -0.2) is 28.3 Å². The minimum Gasteiger partial charge on any atom is -0.497 e. The maximum atomic E-state index is 14.2. The molecule has 0 bridgehead atoms. The number of rotatable bonds is 7. The average Bonchev–Trinajstić information content (AvgIpc) is 3.48. The largest absolute Gasteiger partial charge is 0.497 e. The molecule has 7 nitrogen and oxygen atoms in total. The van der Waals surface area contributed by atoms with Crippen LogP contribution in [0.2, 0.25) is 5.02 Å². The van der Waals surface area contributed by atoms with E-state index in [0.717, 1.165) is 27.6 Å². The smallest absolute Gasteiger partial charge is 0.338 e. The second-order valence-electron chi connectivity index (χ2n) is 10.7. The first-order chi connectivity index (χ1) is 20.7. The molecule has 2 aromatic heterocycles. The molecular weight excluding hydrogens is 582 g/mol. The summed E-state index contributed by atoms with van der Waals surface area (Å²) in [7, 11) is 1.60. The van der Waals surface area contributed by atoms with Crippen molar-refractivity contribution in [1.82, 2.24) is 9.13 Å². The van der Waals surface area contributed by atoms with E-state index in [0.29, 0.717) is 37.9 Å². The zero-order valence-electron chi connectivity index (χ0n) is 24.2. The van der Waals surface area contributed by atoms with Crippen molar-refractivity contribution in [2.75, 3.05) is 7.11 Å². The minimum atomic E-state index is -0.695. The fourth-order valence-electron chi connectivity index (χ4n) is 5.46. The van der Waals surface area contributed by atoms with Gasteiger partial charge in [0.05, 0.1) is 35.1 Å². The van der Waals surface area contributed by atoms with Gasteiger partial charge in [-0.1, -0.05) is 65.4 Å². The van der Waals surface area contributed by atoms with Crippen LogP contribution in [0, 0.1) is 0 Å². The molecule has 0 spiro atoms. The Bertz CT molecular complexity index is 2070. The van der Waals surface area contributed by atoms with Crippen LogP contribution in [0.4, 0.5) is 0 Å². The van der Waals surface area contributed by atoms with Crippen LogP contribution in [0.15, 0.2) is 100 Å². The van der Waals surface area contributed by atoms with E-state index < -0.39 is 12.0 Å². The maximum Gasteiger partial charge on any atom is 0.338 e. The lowest BCUT2D eigenvalue weighted by Crippen LogP contribution is -2.40. The number of allylic oxidation sites excluding steroid dienone is 1. The SMILES string of the molecule is COc1ccc([C@H]2C(C(=O)OC(C)C)=C(C)N=c3s/c(=C\c4cn(Cc5cccc(Cl)c5)c5ccccc45)c(=O)n32)cc1. The van der Waals surface area contributed by atoms with Crippen molar-refractivity contribution in [3.8, 4) is 5.75 Å². The fraction of sp³-hybridized carbons (Fsp3) is 0.206. The third-order valence-electron chi connectivity index (χ3n) is 7.36. The standard InChI is InChI=1S/C34H30ClN3O4S/c1-20(2)42-33(40)30-21(3)36-34-38(31(30)23-12-14-26(41-4)15-13-23)32(39)29(43-34)17-24-19-37(28-11-6-5-10-27(24)28)18-22-8-7-9-25(35)16-22/h5-17,19-20,31H,18H2,1-4H3/b29-17-/t31-/m0/s1. The lowest BCUT2D eigenvalue weighted by atomic mass is 9.96. The molecule has 1 atom stereocenters. The minimum absolute atomic E-state index is 0.224. The molecule has 0 aliphatic carbocycles. The molecule has 0 unspecified atom stereocenters. The second-order valence-corrected chi connectivity index (χ2v) is 12.1. The van der Waals surface area contributed by atoms with Gasteiger partial charge in [0.25, 0.3) is 5.56 Å². The molecule has 9 heteroatoms. The quantitative estimate of drug-likeness (QED) is 0.216. The number of para-hydroxylation sites is 1. The van der Waals surface area contributed by atoms with Crippen LogP contribution in [0.3, 0.4) is 0 Å². The van der Waals surface area contributed by atoms with Gasteiger partial charge in [-0.15, -0.1) is 0 Å². The van der Waals surface area contributed by atoms with Gasteiger partial charge in [0.15, 0.2) is 4.80 Å². The second kappa shape index (κ2) is 11.7. The molecule has 5 aromatic rings. The molecule has 0 fully saturated rings. The number of benzene rings is 3. The van der Waals surface area contributed by atoms with Crippen LogP contribution in [0.1, 0.15) is 43.5 Å². The average molecular weight is 612 g/mol. The summed E-state index contributed by atoms with van der Waals surface area (Å²) in [6.45, 7) is 6.02. The Morgan fingerprint density at radius 3 is 2.58 bits per heavy atom. The lowest BCUT2D eigenvalue weighted by molar-refractivity contribution is -0.143. The number of thiazole rings is 1. The van der Waals surface area contributed by atoms with Gasteiger partial charge in [-0.2, -0.15) is 0 Å². The van der Waals surface area contributed by atoms with E-state index in [-0.39, 0.29) is 11.7 Å². The summed E-state index contributed by atoms with van der Waals surface area (Å²) in [5, 5.41) is 1.72. The molecule has 6 rings (SSSR count). The zero-order valence-corrected chi connectivity index (χ0v) is 25.8. The number of methoxy groups -OCH3 is 1. The number of nitrogens with zero attached hydrogens (tertiary/aromatic N) is 3. The molecule has 43 heavy (non-hydrogen) atoms. The van der Waals surface area contributed by atoms with Gasteiger partial charge < -0.3 is 14.0 Å². The lowest BCUT2D eigenvalue weighted by Gasteiger charge is -2.25. The van der Waals surface area contributed by atoms with Crippen LogP contribution >= 0.6 is 22.9 Å². The maximum absolute atomic E-state index is 14.2. The first-order valence-electron chi connectivity index (χ1n) is 13.9. The number of halogens is 1. The highest BCUT2D eigenvalue weighted by molar-refractivity contribution is 7.07. The van der Waals surface area contributed by atoms with Gasteiger partial charge in [-0.3, -0.25) is 9.36 Å². The highest BCUT2D eigenvalue weighted by Crippen LogP contribution is 2.32.